The summed E-state index contributed by atoms with van der Waals surface area (Å²) in [6.45, 7) is 0.705. The van der Waals surface area contributed by atoms with Gasteiger partial charge in [-0.25, -0.2) is 4.98 Å². The molecule has 0 aliphatic carbocycles. The predicted molar refractivity (Wildman–Crippen MR) is 67.8 cm³/mol. The summed E-state index contributed by atoms with van der Waals surface area (Å²) in [4.78, 5) is 17.8. The van der Waals surface area contributed by atoms with E-state index >= 15 is 0 Å². The van der Waals surface area contributed by atoms with Gasteiger partial charge in [-0.1, -0.05) is 0 Å². The van der Waals surface area contributed by atoms with Gasteiger partial charge in [0.2, 0.25) is 0 Å². The van der Waals surface area contributed by atoms with Crippen LogP contribution in [0.1, 0.15) is 17.4 Å². The van der Waals surface area contributed by atoms with Crippen molar-refractivity contribution in [3.05, 3.63) is 35.8 Å². The molecule has 0 spiro atoms. The number of aromatic amines is 1. The first-order valence-electron chi connectivity index (χ1n) is 5.94. The standard InChI is InChI=1S/C13H13N3O3/c14-11(13(17)18)12-15-6-9(16-12)7-1-2-10-8(5-7)3-4-19-10/h1-2,5-6,11H,3-4,14H2,(H,15,16)(H,17,18). The lowest BCUT2D eigenvalue weighted by molar-refractivity contribution is -0.138. The molecule has 0 saturated carbocycles. The fourth-order valence-electron chi connectivity index (χ4n) is 2.11. The lowest BCUT2D eigenvalue weighted by Crippen LogP contribution is -2.21. The van der Waals surface area contributed by atoms with Gasteiger partial charge in [-0.15, -0.1) is 0 Å². The minimum Gasteiger partial charge on any atom is -0.493 e. The molecule has 1 aromatic heterocycles. The van der Waals surface area contributed by atoms with E-state index in [0.717, 1.165) is 29.0 Å². The maximum absolute atomic E-state index is 10.8. The fraction of sp³-hybridized carbons (Fsp3) is 0.231. The van der Waals surface area contributed by atoms with Crippen LogP contribution in [0.4, 0.5) is 0 Å². The number of aliphatic carboxylic acids is 1. The van der Waals surface area contributed by atoms with Crippen LogP contribution in [0.5, 0.6) is 5.75 Å². The Morgan fingerprint density at radius 2 is 2.37 bits per heavy atom. The largest absolute Gasteiger partial charge is 0.493 e. The minimum absolute atomic E-state index is 0.249. The molecule has 0 saturated heterocycles. The molecule has 2 aromatic rings. The number of carboxylic acid groups (broad SMARTS) is 1. The highest BCUT2D eigenvalue weighted by Gasteiger charge is 2.19. The Hall–Kier alpha value is -2.34. The normalized spacial score (nSPS) is 14.8. The van der Waals surface area contributed by atoms with Crippen molar-refractivity contribution in [1.29, 1.82) is 0 Å². The zero-order valence-corrected chi connectivity index (χ0v) is 10.1. The van der Waals surface area contributed by atoms with Gasteiger partial charge in [0.1, 0.15) is 11.6 Å². The molecule has 0 amide bonds. The molecule has 98 valence electrons. The van der Waals surface area contributed by atoms with Gasteiger partial charge in [-0.3, -0.25) is 4.79 Å². The van der Waals surface area contributed by atoms with Crippen LogP contribution >= 0.6 is 0 Å². The molecular formula is C13H13N3O3. The van der Waals surface area contributed by atoms with Crippen LogP contribution in [0.3, 0.4) is 0 Å². The van der Waals surface area contributed by atoms with Crippen LogP contribution in [0, 0.1) is 0 Å². The van der Waals surface area contributed by atoms with E-state index in [2.05, 4.69) is 9.97 Å². The number of nitrogens with one attached hydrogen (secondary N) is 1. The zero-order valence-electron chi connectivity index (χ0n) is 10.1. The number of hydrogen-bond acceptors (Lipinski definition) is 4. The second-order valence-corrected chi connectivity index (χ2v) is 4.42. The molecule has 3 rings (SSSR count). The van der Waals surface area contributed by atoms with Crippen molar-refractivity contribution in [3.8, 4) is 17.0 Å². The number of nitrogens with two attached hydrogens (primary N) is 1. The molecule has 1 aliphatic heterocycles. The number of aromatic nitrogens is 2. The van der Waals surface area contributed by atoms with Gasteiger partial charge in [0.25, 0.3) is 0 Å². The Kier molecular flexibility index (Phi) is 2.72. The number of benzene rings is 1. The van der Waals surface area contributed by atoms with E-state index in [4.69, 9.17) is 15.6 Å². The molecule has 4 N–H and O–H groups in total. The maximum atomic E-state index is 10.8. The van der Waals surface area contributed by atoms with Gasteiger partial charge in [0.05, 0.1) is 18.5 Å². The second kappa shape index (κ2) is 4.40. The maximum Gasteiger partial charge on any atom is 0.328 e. The van der Waals surface area contributed by atoms with Gasteiger partial charge in [-0.05, 0) is 23.8 Å². The second-order valence-electron chi connectivity index (χ2n) is 4.42. The quantitative estimate of drug-likeness (QED) is 0.766. The van der Waals surface area contributed by atoms with Crippen LogP contribution in [-0.2, 0) is 11.2 Å². The van der Waals surface area contributed by atoms with E-state index in [1.54, 1.807) is 6.20 Å². The van der Waals surface area contributed by atoms with Crippen LogP contribution in [0.25, 0.3) is 11.3 Å². The number of fused-ring (bicyclic) bond motifs is 1. The average Bonchev–Trinajstić information content (AvgIpc) is 3.05. The predicted octanol–water partition coefficient (Wildman–Crippen LogP) is 1.10. The first kappa shape index (κ1) is 11.7. The number of rotatable bonds is 3. The molecular weight excluding hydrogens is 246 g/mol. The van der Waals surface area contributed by atoms with E-state index < -0.39 is 12.0 Å². The van der Waals surface area contributed by atoms with Crippen LogP contribution in [0.2, 0.25) is 0 Å². The smallest absolute Gasteiger partial charge is 0.328 e. The summed E-state index contributed by atoms with van der Waals surface area (Å²) in [7, 11) is 0. The number of nitrogens with zero attached hydrogens (tertiary/aromatic N) is 1. The average molecular weight is 259 g/mol. The molecule has 6 nitrogen and oxygen atoms in total. The molecule has 0 bridgehead atoms. The van der Waals surface area contributed by atoms with Crippen LogP contribution in [-0.4, -0.2) is 27.7 Å². The van der Waals surface area contributed by atoms with Crippen molar-refractivity contribution in [2.24, 2.45) is 5.73 Å². The number of carboxylic acids is 1. The first-order chi connectivity index (χ1) is 9.15. The fourth-order valence-corrected chi connectivity index (χ4v) is 2.11. The zero-order chi connectivity index (χ0) is 13.4. The summed E-state index contributed by atoms with van der Waals surface area (Å²) in [6, 6.07) is 4.71. The third-order valence-corrected chi connectivity index (χ3v) is 3.16. The first-order valence-corrected chi connectivity index (χ1v) is 5.94. The van der Waals surface area contributed by atoms with Crippen molar-refractivity contribution in [2.45, 2.75) is 12.5 Å². The van der Waals surface area contributed by atoms with Crippen molar-refractivity contribution in [1.82, 2.24) is 9.97 Å². The summed E-state index contributed by atoms with van der Waals surface area (Å²) in [6.07, 6.45) is 2.48. The van der Waals surface area contributed by atoms with Crippen molar-refractivity contribution in [3.63, 3.8) is 0 Å². The summed E-state index contributed by atoms with van der Waals surface area (Å²) in [5.74, 6) is 0.0493. The summed E-state index contributed by atoms with van der Waals surface area (Å²) >= 11 is 0. The highest BCUT2D eigenvalue weighted by Crippen LogP contribution is 2.30. The third-order valence-electron chi connectivity index (χ3n) is 3.16. The molecule has 1 unspecified atom stereocenters. The number of H-pyrrole nitrogens is 1. The van der Waals surface area contributed by atoms with E-state index in [9.17, 15) is 4.79 Å². The molecule has 1 aliphatic rings. The third kappa shape index (κ3) is 2.06. The highest BCUT2D eigenvalue weighted by atomic mass is 16.5. The summed E-state index contributed by atoms with van der Waals surface area (Å²) in [5, 5.41) is 8.84. The monoisotopic (exact) mass is 259 g/mol. The summed E-state index contributed by atoms with van der Waals surface area (Å²) in [5.41, 5.74) is 8.35. The summed E-state index contributed by atoms with van der Waals surface area (Å²) < 4.78 is 5.44. The van der Waals surface area contributed by atoms with Crippen LogP contribution < -0.4 is 10.5 Å². The van der Waals surface area contributed by atoms with Gasteiger partial charge in [0.15, 0.2) is 6.04 Å². The van der Waals surface area contributed by atoms with Crippen molar-refractivity contribution >= 4 is 5.97 Å². The Balaban J connectivity index is 1.92. The van der Waals surface area contributed by atoms with E-state index in [-0.39, 0.29) is 5.82 Å². The lowest BCUT2D eigenvalue weighted by Gasteiger charge is -2.03. The Bertz CT molecular complexity index is 636. The Morgan fingerprint density at radius 1 is 1.53 bits per heavy atom. The Labute approximate surface area is 109 Å². The van der Waals surface area contributed by atoms with E-state index in [1.807, 2.05) is 18.2 Å². The van der Waals surface area contributed by atoms with Gasteiger partial charge < -0.3 is 20.6 Å². The van der Waals surface area contributed by atoms with Crippen molar-refractivity contribution < 1.29 is 14.6 Å². The molecule has 19 heavy (non-hydrogen) atoms. The van der Waals surface area contributed by atoms with Gasteiger partial charge in [-0.2, -0.15) is 0 Å². The molecule has 1 atom stereocenters. The number of carbonyl (C=O) groups is 1. The van der Waals surface area contributed by atoms with E-state index in [0.29, 0.717) is 6.61 Å². The molecule has 2 heterocycles. The van der Waals surface area contributed by atoms with Crippen LogP contribution in [0.15, 0.2) is 24.4 Å². The number of hydrogen-bond donors (Lipinski definition) is 3. The van der Waals surface area contributed by atoms with Gasteiger partial charge >= 0.3 is 5.97 Å². The molecule has 6 heteroatoms. The SMILES string of the molecule is NC(C(=O)O)c1ncc(-c2ccc3c(c2)CCO3)[nH]1. The molecule has 1 aromatic carbocycles. The number of ether oxygens (including phenoxy) is 1. The molecule has 0 fully saturated rings. The van der Waals surface area contributed by atoms with Crippen molar-refractivity contribution in [2.75, 3.05) is 6.61 Å². The van der Waals surface area contributed by atoms with E-state index in [1.165, 1.54) is 0 Å². The minimum atomic E-state index is -1.13. The Morgan fingerprint density at radius 3 is 3.16 bits per heavy atom. The highest BCUT2D eigenvalue weighted by molar-refractivity contribution is 5.74. The number of imidazole rings is 1. The lowest BCUT2D eigenvalue weighted by atomic mass is 10.1. The molecule has 0 radical (unpaired) electrons. The topological polar surface area (TPSA) is 101 Å². The van der Waals surface area contributed by atoms with Gasteiger partial charge in [0, 0.05) is 12.0 Å².